The zero-order valence-electron chi connectivity index (χ0n) is 13.9. The molecule has 0 N–H and O–H groups in total. The lowest BCUT2D eigenvalue weighted by Gasteiger charge is -2.23. The molecule has 0 spiro atoms. The first-order valence-electron chi connectivity index (χ1n) is 8.19. The molecule has 0 saturated heterocycles. The van der Waals surface area contributed by atoms with Gasteiger partial charge >= 0.3 is 0 Å². The van der Waals surface area contributed by atoms with Crippen LogP contribution in [0.2, 0.25) is 0 Å². The Morgan fingerprint density at radius 1 is 1.11 bits per heavy atom. The number of para-hydroxylation sites is 2. The van der Waals surface area contributed by atoms with Gasteiger partial charge in [-0.1, -0.05) is 35.1 Å². The van der Waals surface area contributed by atoms with Crippen LogP contribution in [0.1, 0.15) is 17.7 Å². The lowest BCUT2D eigenvalue weighted by molar-refractivity contribution is 0.0686. The fourth-order valence-corrected chi connectivity index (χ4v) is 3.92. The van der Waals surface area contributed by atoms with Gasteiger partial charge in [-0.15, -0.1) is 21.5 Å². The average molecular weight is 399 g/mol. The van der Waals surface area contributed by atoms with E-state index in [1.165, 1.54) is 11.8 Å². The summed E-state index contributed by atoms with van der Waals surface area (Å²) in [7, 11) is 0. The molecule has 1 aliphatic rings. The number of benzene rings is 1. The number of hydrogen-bond donors (Lipinski definition) is 0. The molecule has 3 aromatic heterocycles. The molecule has 7 nitrogen and oxygen atoms in total. The molecule has 0 bridgehead atoms. The van der Waals surface area contributed by atoms with Crippen molar-refractivity contribution >= 4 is 23.1 Å². The van der Waals surface area contributed by atoms with Crippen molar-refractivity contribution in [3.8, 4) is 22.1 Å². The molecule has 1 aliphatic heterocycles. The van der Waals surface area contributed by atoms with Crippen LogP contribution in [0.15, 0.2) is 62.0 Å². The van der Waals surface area contributed by atoms with Crippen molar-refractivity contribution in [1.29, 1.82) is 0 Å². The van der Waals surface area contributed by atoms with Gasteiger partial charge in [0.05, 0.1) is 10.6 Å². The maximum absolute atomic E-state index is 5.88. The zero-order valence-corrected chi connectivity index (χ0v) is 15.5. The monoisotopic (exact) mass is 399 g/mol. The Labute approximate surface area is 162 Å². The van der Waals surface area contributed by atoms with E-state index in [-0.39, 0.29) is 0 Å². The second-order valence-corrected chi connectivity index (χ2v) is 7.59. The molecule has 4 aromatic rings. The zero-order chi connectivity index (χ0) is 18.1. The summed E-state index contributed by atoms with van der Waals surface area (Å²) in [4.78, 5) is 1.05. The van der Waals surface area contributed by atoms with Crippen LogP contribution >= 0.6 is 23.1 Å². The highest BCUT2D eigenvalue weighted by Crippen LogP contribution is 2.36. The first-order chi connectivity index (χ1) is 13.3. The largest absolute Gasteiger partial charge is 0.485 e. The molecule has 0 amide bonds. The van der Waals surface area contributed by atoms with Crippen LogP contribution < -0.4 is 9.47 Å². The smallest absolute Gasteiger partial charge is 0.277 e. The van der Waals surface area contributed by atoms with Gasteiger partial charge in [-0.05, 0) is 23.6 Å². The van der Waals surface area contributed by atoms with Gasteiger partial charge in [0.2, 0.25) is 6.10 Å². The predicted molar refractivity (Wildman–Crippen MR) is 99.0 cm³/mol. The summed E-state index contributed by atoms with van der Waals surface area (Å²) in [5.41, 5.74) is 0.814. The van der Waals surface area contributed by atoms with E-state index < -0.39 is 6.10 Å². The molecule has 136 valence electrons. The Morgan fingerprint density at radius 2 is 2.04 bits per heavy atom. The number of ether oxygens (including phenoxy) is 2. The minimum absolute atomic E-state index is 0.330. The summed E-state index contributed by atoms with van der Waals surface area (Å²) in [6, 6.07) is 13.4. The van der Waals surface area contributed by atoms with Crippen LogP contribution in [0.3, 0.4) is 0 Å². The highest BCUT2D eigenvalue weighted by Gasteiger charge is 2.27. The van der Waals surface area contributed by atoms with E-state index in [1.54, 1.807) is 11.3 Å². The summed E-state index contributed by atoms with van der Waals surface area (Å²) < 4.78 is 22.7. The number of thiophene rings is 1. The molecule has 1 atom stereocenters. The Morgan fingerprint density at radius 3 is 2.93 bits per heavy atom. The number of thioether (sulfide) groups is 1. The van der Waals surface area contributed by atoms with Crippen LogP contribution in [0.25, 0.3) is 10.6 Å². The number of rotatable bonds is 5. The van der Waals surface area contributed by atoms with Crippen molar-refractivity contribution < 1.29 is 18.4 Å². The third kappa shape index (κ3) is 3.43. The van der Waals surface area contributed by atoms with Crippen molar-refractivity contribution in [2.45, 2.75) is 17.1 Å². The van der Waals surface area contributed by atoms with Gasteiger partial charge in [0.15, 0.2) is 17.3 Å². The minimum atomic E-state index is -0.417. The van der Waals surface area contributed by atoms with Crippen molar-refractivity contribution in [1.82, 2.24) is 15.4 Å². The van der Waals surface area contributed by atoms with Gasteiger partial charge in [0.1, 0.15) is 6.61 Å². The topological polar surface area (TPSA) is 83.4 Å². The van der Waals surface area contributed by atoms with Gasteiger partial charge in [-0.3, -0.25) is 0 Å². The quantitative estimate of drug-likeness (QED) is 0.451. The molecule has 1 aromatic carbocycles. The van der Waals surface area contributed by atoms with E-state index in [1.807, 2.05) is 47.8 Å². The Kier molecular flexibility index (Phi) is 4.30. The van der Waals surface area contributed by atoms with Crippen LogP contribution in [0.5, 0.6) is 11.5 Å². The first kappa shape index (κ1) is 16.4. The predicted octanol–water partition coefficient (Wildman–Crippen LogP) is 4.59. The number of hydrogen-bond acceptors (Lipinski definition) is 9. The van der Waals surface area contributed by atoms with Crippen molar-refractivity contribution in [2.75, 3.05) is 6.61 Å². The van der Waals surface area contributed by atoms with E-state index in [0.29, 0.717) is 29.2 Å². The molecule has 5 rings (SSSR count). The highest BCUT2D eigenvalue weighted by molar-refractivity contribution is 7.98. The Bertz CT molecular complexity index is 1040. The second kappa shape index (κ2) is 7.09. The third-order valence-corrected chi connectivity index (χ3v) is 5.61. The summed E-state index contributed by atoms with van der Waals surface area (Å²) in [6.45, 7) is 0.330. The van der Waals surface area contributed by atoms with Crippen molar-refractivity contribution in [2.24, 2.45) is 0 Å². The van der Waals surface area contributed by atoms with E-state index in [4.69, 9.17) is 18.4 Å². The maximum atomic E-state index is 5.88. The van der Waals surface area contributed by atoms with Gasteiger partial charge in [0, 0.05) is 11.8 Å². The lowest BCUT2D eigenvalue weighted by Crippen LogP contribution is -2.21. The molecule has 0 radical (unpaired) electrons. The van der Waals surface area contributed by atoms with Crippen LogP contribution in [-0.2, 0) is 5.75 Å². The van der Waals surface area contributed by atoms with Crippen LogP contribution in [-0.4, -0.2) is 22.0 Å². The maximum Gasteiger partial charge on any atom is 0.277 e. The molecule has 0 saturated carbocycles. The molecule has 0 aliphatic carbocycles. The fourth-order valence-electron chi connectivity index (χ4n) is 2.60. The van der Waals surface area contributed by atoms with Crippen LogP contribution in [0, 0.1) is 0 Å². The summed E-state index contributed by atoms with van der Waals surface area (Å²) in [5, 5.41) is 14.7. The standard InChI is InChI=1S/C18H13N3O4S2/c1-2-5-13-12(4-1)22-9-15(23-13)17-19-20-18(24-17)27-10-11-8-14(25-21-11)16-6-3-7-26-16/h1-8,15H,9-10H2/t15-/m0/s1. The van der Waals surface area contributed by atoms with Crippen molar-refractivity contribution in [3.05, 3.63) is 59.4 Å². The van der Waals surface area contributed by atoms with E-state index in [9.17, 15) is 0 Å². The van der Waals surface area contributed by atoms with Gasteiger partial charge in [-0.2, -0.15) is 0 Å². The highest BCUT2D eigenvalue weighted by atomic mass is 32.2. The SMILES string of the molecule is c1csc(-c2cc(CSc3nnc([C@@H]4COc5ccccc5O4)o3)no2)c1. The molecule has 27 heavy (non-hydrogen) atoms. The number of aromatic nitrogens is 3. The van der Waals surface area contributed by atoms with Gasteiger partial charge in [-0.25, -0.2) is 0 Å². The second-order valence-electron chi connectivity index (χ2n) is 5.72. The van der Waals surface area contributed by atoms with E-state index in [0.717, 1.165) is 22.1 Å². The molecular weight excluding hydrogens is 386 g/mol. The van der Waals surface area contributed by atoms with Gasteiger partial charge < -0.3 is 18.4 Å². The van der Waals surface area contributed by atoms with E-state index in [2.05, 4.69) is 15.4 Å². The van der Waals surface area contributed by atoms with E-state index >= 15 is 0 Å². The average Bonchev–Trinajstić information content (AvgIpc) is 3.47. The summed E-state index contributed by atoms with van der Waals surface area (Å²) >= 11 is 3.01. The molecular formula is C18H13N3O4S2. The number of fused-ring (bicyclic) bond motifs is 1. The molecule has 0 unspecified atom stereocenters. The third-order valence-electron chi connectivity index (χ3n) is 3.87. The Hall–Kier alpha value is -2.78. The molecule has 0 fully saturated rings. The molecule has 9 heteroatoms. The van der Waals surface area contributed by atoms with Gasteiger partial charge in [0.25, 0.3) is 11.1 Å². The number of nitrogens with zero attached hydrogens (tertiary/aromatic N) is 3. The van der Waals surface area contributed by atoms with Crippen molar-refractivity contribution in [3.63, 3.8) is 0 Å². The molecule has 4 heterocycles. The fraction of sp³-hybridized carbons (Fsp3) is 0.167. The lowest BCUT2D eigenvalue weighted by atomic mass is 10.2. The first-order valence-corrected chi connectivity index (χ1v) is 10.1. The summed E-state index contributed by atoms with van der Waals surface area (Å²) in [5.74, 6) is 3.12. The normalized spacial score (nSPS) is 15.8. The Balaban J connectivity index is 1.23. The summed E-state index contributed by atoms with van der Waals surface area (Å²) in [6.07, 6.45) is -0.417. The van der Waals surface area contributed by atoms with Crippen LogP contribution in [0.4, 0.5) is 0 Å². The minimum Gasteiger partial charge on any atom is -0.485 e.